The van der Waals surface area contributed by atoms with E-state index in [1.165, 1.54) is 38.2 Å². The van der Waals surface area contributed by atoms with E-state index < -0.39 is 27.9 Å². The summed E-state index contributed by atoms with van der Waals surface area (Å²) in [5, 5.41) is -0.0207. The zero-order valence-corrected chi connectivity index (χ0v) is 20.9. The Kier molecular flexibility index (Phi) is 8.48. The number of esters is 1. The third-order valence-electron chi connectivity index (χ3n) is 5.01. The monoisotopic (exact) mass is 498 g/mol. The summed E-state index contributed by atoms with van der Waals surface area (Å²) in [4.78, 5) is 26.9. The molecule has 2 rings (SSSR count). The summed E-state index contributed by atoms with van der Waals surface area (Å²) in [6.45, 7) is 8.88. The van der Waals surface area contributed by atoms with Crippen LogP contribution in [0.25, 0.3) is 0 Å². The number of benzene rings is 2. The van der Waals surface area contributed by atoms with Gasteiger partial charge in [0.25, 0.3) is 15.9 Å². The zero-order valence-electron chi connectivity index (χ0n) is 19.4. The molecule has 180 valence electrons. The Morgan fingerprint density at radius 2 is 1.52 bits per heavy atom. The molecule has 10 heteroatoms. The lowest BCUT2D eigenvalue weighted by Gasteiger charge is -2.32. The Morgan fingerprint density at radius 1 is 0.970 bits per heavy atom. The molecule has 1 amide bonds. The van der Waals surface area contributed by atoms with Gasteiger partial charge < -0.3 is 9.64 Å². The van der Waals surface area contributed by atoms with Crippen LogP contribution in [0.4, 0.5) is 10.1 Å². The molecule has 0 aliphatic heterocycles. The third-order valence-corrected chi connectivity index (χ3v) is 7.12. The second-order valence-corrected chi connectivity index (χ2v) is 10.4. The standard InChI is InChI=1S/C23H28ClFN2O5S/c1-14(2)27(15(3)4)22(28)16(5)32-23(29)20-13-19(11-12-21(20)24)33(30,31)26(6)18-9-7-17(25)8-10-18/h7-16H,1-6H3. The lowest BCUT2D eigenvalue weighted by atomic mass is 10.2. The predicted molar refractivity (Wildman–Crippen MR) is 125 cm³/mol. The first-order valence-electron chi connectivity index (χ1n) is 10.3. The van der Waals surface area contributed by atoms with Crippen LogP contribution in [-0.4, -0.2) is 50.4 Å². The van der Waals surface area contributed by atoms with Gasteiger partial charge in [-0.3, -0.25) is 9.10 Å². The van der Waals surface area contributed by atoms with Crippen LogP contribution in [0, 0.1) is 5.82 Å². The average Bonchev–Trinajstić information content (AvgIpc) is 2.73. The number of anilines is 1. The van der Waals surface area contributed by atoms with Crippen LogP contribution in [0.5, 0.6) is 0 Å². The molecule has 0 saturated carbocycles. The minimum Gasteiger partial charge on any atom is -0.449 e. The van der Waals surface area contributed by atoms with Gasteiger partial charge in [0.15, 0.2) is 6.10 Å². The fourth-order valence-corrected chi connectivity index (χ4v) is 4.78. The number of hydrogen-bond acceptors (Lipinski definition) is 5. The molecule has 0 saturated heterocycles. The van der Waals surface area contributed by atoms with Gasteiger partial charge in [-0.1, -0.05) is 11.6 Å². The first-order valence-corrected chi connectivity index (χ1v) is 12.2. The van der Waals surface area contributed by atoms with Crippen molar-refractivity contribution >= 4 is 39.2 Å². The zero-order chi connectivity index (χ0) is 25.1. The van der Waals surface area contributed by atoms with Gasteiger partial charge >= 0.3 is 5.97 Å². The Labute approximate surface area is 199 Å². The van der Waals surface area contributed by atoms with Gasteiger partial charge in [-0.05, 0) is 77.1 Å². The highest BCUT2D eigenvalue weighted by Crippen LogP contribution is 2.27. The molecule has 0 aliphatic rings. The molecule has 0 radical (unpaired) electrons. The fourth-order valence-electron chi connectivity index (χ4n) is 3.36. The molecule has 0 aliphatic carbocycles. The SMILES string of the molecule is CC(OC(=O)c1cc(S(=O)(=O)N(C)c2ccc(F)cc2)ccc1Cl)C(=O)N(C(C)C)C(C)C. The van der Waals surface area contributed by atoms with Crippen LogP contribution < -0.4 is 4.31 Å². The lowest BCUT2D eigenvalue weighted by molar-refractivity contribution is -0.143. The van der Waals surface area contributed by atoms with Crippen LogP contribution in [-0.2, 0) is 19.6 Å². The molecule has 0 aromatic heterocycles. The summed E-state index contributed by atoms with van der Waals surface area (Å²) in [6.07, 6.45) is -1.10. The Morgan fingerprint density at radius 3 is 2.03 bits per heavy atom. The number of nitrogens with zero attached hydrogens (tertiary/aromatic N) is 2. The maximum Gasteiger partial charge on any atom is 0.340 e. The molecule has 0 spiro atoms. The molecule has 2 aromatic rings. The molecule has 0 bridgehead atoms. The van der Waals surface area contributed by atoms with Crippen molar-refractivity contribution in [2.24, 2.45) is 0 Å². The number of halogens is 2. The van der Waals surface area contributed by atoms with Crippen LogP contribution in [0.2, 0.25) is 5.02 Å². The second-order valence-electron chi connectivity index (χ2n) is 8.07. The van der Waals surface area contributed by atoms with Crippen molar-refractivity contribution in [1.29, 1.82) is 0 Å². The summed E-state index contributed by atoms with van der Waals surface area (Å²) >= 11 is 6.14. The fraction of sp³-hybridized carbons (Fsp3) is 0.391. The molecule has 0 heterocycles. The van der Waals surface area contributed by atoms with Gasteiger partial charge in [0.05, 0.1) is 21.2 Å². The van der Waals surface area contributed by atoms with E-state index in [4.69, 9.17) is 16.3 Å². The third kappa shape index (κ3) is 6.03. The van der Waals surface area contributed by atoms with Gasteiger partial charge in [0, 0.05) is 19.1 Å². The first-order chi connectivity index (χ1) is 15.3. The first kappa shape index (κ1) is 26.6. The highest BCUT2D eigenvalue weighted by molar-refractivity contribution is 7.92. The molecule has 2 aromatic carbocycles. The van der Waals surface area contributed by atoms with Crippen LogP contribution in [0.15, 0.2) is 47.4 Å². The van der Waals surface area contributed by atoms with Crippen molar-refractivity contribution in [1.82, 2.24) is 4.90 Å². The lowest BCUT2D eigenvalue weighted by Crippen LogP contribution is -2.47. The van der Waals surface area contributed by atoms with Crippen molar-refractivity contribution in [3.63, 3.8) is 0 Å². The van der Waals surface area contributed by atoms with E-state index in [1.54, 1.807) is 4.90 Å². The summed E-state index contributed by atoms with van der Waals surface area (Å²) in [7, 11) is -2.78. The molecule has 7 nitrogen and oxygen atoms in total. The quantitative estimate of drug-likeness (QED) is 0.500. The summed E-state index contributed by atoms with van der Waals surface area (Å²) in [5.74, 6) is -1.79. The number of hydrogen-bond donors (Lipinski definition) is 0. The van der Waals surface area contributed by atoms with Crippen molar-refractivity contribution in [3.05, 3.63) is 58.9 Å². The van der Waals surface area contributed by atoms with Crippen molar-refractivity contribution in [3.8, 4) is 0 Å². The largest absolute Gasteiger partial charge is 0.449 e. The maximum atomic E-state index is 13.2. The van der Waals surface area contributed by atoms with E-state index in [9.17, 15) is 22.4 Å². The van der Waals surface area contributed by atoms with Gasteiger partial charge in [0.2, 0.25) is 0 Å². The number of sulfonamides is 1. The number of rotatable bonds is 8. The highest BCUT2D eigenvalue weighted by atomic mass is 35.5. The smallest absolute Gasteiger partial charge is 0.340 e. The van der Waals surface area contributed by atoms with E-state index in [-0.39, 0.29) is 39.2 Å². The average molecular weight is 499 g/mol. The van der Waals surface area contributed by atoms with Crippen LogP contribution in [0.1, 0.15) is 45.0 Å². The Bertz CT molecular complexity index is 1110. The van der Waals surface area contributed by atoms with Crippen LogP contribution in [0.3, 0.4) is 0 Å². The van der Waals surface area contributed by atoms with E-state index in [0.717, 1.165) is 22.5 Å². The van der Waals surface area contributed by atoms with Gasteiger partial charge in [-0.25, -0.2) is 17.6 Å². The van der Waals surface area contributed by atoms with E-state index in [0.29, 0.717) is 0 Å². The van der Waals surface area contributed by atoms with E-state index in [2.05, 4.69) is 0 Å². The van der Waals surface area contributed by atoms with Gasteiger partial charge in [-0.2, -0.15) is 0 Å². The minimum absolute atomic E-state index is 0.0207. The molecule has 1 atom stereocenters. The Hall–Kier alpha value is -2.65. The molecule has 0 fully saturated rings. The van der Waals surface area contributed by atoms with Crippen molar-refractivity contribution in [2.45, 2.75) is 57.7 Å². The predicted octanol–water partition coefficient (Wildman–Crippen LogP) is 4.49. The molecule has 0 N–H and O–H groups in total. The second kappa shape index (κ2) is 10.5. The van der Waals surface area contributed by atoms with E-state index in [1.807, 2.05) is 27.7 Å². The number of amides is 1. The maximum absolute atomic E-state index is 13.2. The van der Waals surface area contributed by atoms with Crippen molar-refractivity contribution < 1.29 is 27.1 Å². The number of ether oxygens (including phenoxy) is 1. The van der Waals surface area contributed by atoms with Gasteiger partial charge in [0.1, 0.15) is 5.82 Å². The van der Waals surface area contributed by atoms with Crippen LogP contribution >= 0.6 is 11.6 Å². The van der Waals surface area contributed by atoms with Gasteiger partial charge in [-0.15, -0.1) is 0 Å². The normalized spacial score (nSPS) is 12.5. The Balaban J connectivity index is 2.31. The van der Waals surface area contributed by atoms with Crippen molar-refractivity contribution in [2.75, 3.05) is 11.4 Å². The molecule has 1 unspecified atom stereocenters. The topological polar surface area (TPSA) is 84.0 Å². The summed E-state index contributed by atoms with van der Waals surface area (Å²) < 4.78 is 45.6. The van der Waals surface area contributed by atoms with E-state index >= 15 is 0 Å². The molecular formula is C23H28ClFN2O5S. The minimum atomic E-state index is -4.09. The molecule has 33 heavy (non-hydrogen) atoms. The highest BCUT2D eigenvalue weighted by Gasteiger charge is 2.29. The summed E-state index contributed by atoms with van der Waals surface area (Å²) in [6, 6.07) is 8.34. The number of carbonyl (C=O) groups is 2. The number of carbonyl (C=O) groups excluding carboxylic acids is 2. The summed E-state index contributed by atoms with van der Waals surface area (Å²) in [5.41, 5.74) is 0.0442. The molecular weight excluding hydrogens is 471 g/mol.